The van der Waals surface area contributed by atoms with Gasteiger partial charge in [-0.05, 0) is 209 Å². The van der Waals surface area contributed by atoms with Gasteiger partial charge in [0.25, 0.3) is 6.71 Å². The van der Waals surface area contributed by atoms with E-state index in [4.69, 9.17) is 0 Å². The summed E-state index contributed by atoms with van der Waals surface area (Å²) in [6, 6.07) is 142. The Morgan fingerprint density at radius 2 is 0.562 bits per heavy atom. The third kappa shape index (κ3) is 10.4. The van der Waals surface area contributed by atoms with Gasteiger partial charge in [0, 0.05) is 45.0 Å². The van der Waals surface area contributed by atoms with Crippen LogP contribution in [0.1, 0.15) is 26.3 Å². The first-order valence-electron chi connectivity index (χ1n) is 36.7. The lowest BCUT2D eigenvalue weighted by Crippen LogP contribution is -2.61. The van der Waals surface area contributed by atoms with Crippen molar-refractivity contribution in [2.45, 2.75) is 26.2 Å². The fraction of sp³-hybridized carbons (Fsp3) is 0.0392. The standard InChI is InChI=1S/C102H71BN2/c1-102(2,3)82-52-48-69(49-53-82)81-64-95-99-96(65-81)105(101-88(72-38-21-9-22-39-72)59-80(68-32-15-6-16-33-68)60-89(101)73-40-23-10-24-41-73)94-63-76(78-56-77-44-27-46-84-83-45-25-42-74-43-26-47-85(97(74)83)90(61-78)98(77)84)50-54-91(94)103(99)92-62-75(66-28-11-4-12-29-66)51-55-93(92)104(95)100-86(70-34-17-7-18-35-70)57-79(67-30-13-5-14-31-67)58-87(100)71-36-19-8-20-37-71/h4-65H,1-3H3. The number of hydrogen-bond acceptors (Lipinski definition) is 2. The van der Waals surface area contributed by atoms with E-state index in [1.54, 1.807) is 0 Å². The highest BCUT2D eigenvalue weighted by atomic mass is 15.2. The Labute approximate surface area is 614 Å². The zero-order valence-corrected chi connectivity index (χ0v) is 58.8. The third-order valence-corrected chi connectivity index (χ3v) is 22.3. The van der Waals surface area contributed by atoms with E-state index in [1.165, 1.54) is 76.2 Å². The molecule has 20 rings (SSSR count). The number of rotatable bonds is 11. The summed E-state index contributed by atoms with van der Waals surface area (Å²) in [5.41, 5.74) is 32.2. The highest BCUT2D eigenvalue weighted by Gasteiger charge is 2.46. The van der Waals surface area contributed by atoms with Crippen LogP contribution in [-0.4, -0.2) is 6.71 Å². The monoisotopic (exact) mass is 1330 g/mol. The molecular formula is C102H71BN2. The normalized spacial score (nSPS) is 12.5. The fourth-order valence-corrected chi connectivity index (χ4v) is 17.3. The van der Waals surface area contributed by atoms with E-state index >= 15 is 0 Å². The molecule has 0 aromatic heterocycles. The summed E-state index contributed by atoms with van der Waals surface area (Å²) in [6.07, 6.45) is 0. The molecular weight excluding hydrogens is 1260 g/mol. The van der Waals surface area contributed by atoms with Gasteiger partial charge in [-0.15, -0.1) is 0 Å². The number of fused-ring (bicyclic) bond motifs is 6. The van der Waals surface area contributed by atoms with Crippen LogP contribution in [-0.2, 0) is 5.41 Å². The van der Waals surface area contributed by atoms with E-state index in [0.717, 1.165) is 123 Å². The molecule has 0 saturated heterocycles. The number of nitrogens with zero attached hydrogens (tertiary/aromatic N) is 2. The van der Waals surface area contributed by atoms with Gasteiger partial charge in [0.15, 0.2) is 0 Å². The average Bonchev–Trinajstić information content (AvgIpc) is 0.688. The lowest BCUT2D eigenvalue weighted by atomic mass is 9.33. The van der Waals surface area contributed by atoms with Crippen LogP contribution in [0.3, 0.4) is 0 Å². The molecule has 0 saturated carbocycles. The Morgan fingerprint density at radius 3 is 1.02 bits per heavy atom. The second kappa shape index (κ2) is 24.9. The number of anilines is 6. The predicted molar refractivity (Wildman–Crippen MR) is 449 cm³/mol. The van der Waals surface area contributed by atoms with Gasteiger partial charge in [0.2, 0.25) is 0 Å². The van der Waals surface area contributed by atoms with Crippen LogP contribution in [0.5, 0.6) is 0 Å². The van der Waals surface area contributed by atoms with Crippen molar-refractivity contribution in [2.24, 2.45) is 0 Å². The van der Waals surface area contributed by atoms with Gasteiger partial charge in [-0.1, -0.05) is 336 Å². The summed E-state index contributed by atoms with van der Waals surface area (Å²) in [7, 11) is 0. The third-order valence-electron chi connectivity index (χ3n) is 22.3. The fourth-order valence-electron chi connectivity index (χ4n) is 17.3. The van der Waals surface area contributed by atoms with Crippen LogP contribution in [0.25, 0.3) is 143 Å². The molecule has 0 fully saturated rings. The van der Waals surface area contributed by atoms with Crippen molar-refractivity contribution in [1.82, 2.24) is 0 Å². The van der Waals surface area contributed by atoms with Gasteiger partial charge in [-0.3, -0.25) is 0 Å². The first kappa shape index (κ1) is 61.8. The molecule has 0 unspecified atom stereocenters. The van der Waals surface area contributed by atoms with Gasteiger partial charge < -0.3 is 9.80 Å². The van der Waals surface area contributed by atoms with Crippen molar-refractivity contribution in [3.8, 4) is 100 Å². The molecule has 0 atom stereocenters. The second-order valence-electron chi connectivity index (χ2n) is 29.4. The Bertz CT molecular complexity index is 6260. The Hall–Kier alpha value is -13.1. The molecule has 2 aliphatic heterocycles. The van der Waals surface area contributed by atoms with E-state index in [2.05, 4.69) is 407 Å². The summed E-state index contributed by atoms with van der Waals surface area (Å²) < 4.78 is 0. The van der Waals surface area contributed by atoms with Crippen molar-refractivity contribution in [3.05, 3.63) is 382 Å². The van der Waals surface area contributed by atoms with Gasteiger partial charge >= 0.3 is 0 Å². The maximum absolute atomic E-state index is 2.72. The molecule has 3 heteroatoms. The molecule has 0 bridgehead atoms. The maximum atomic E-state index is 2.72. The van der Waals surface area contributed by atoms with Crippen molar-refractivity contribution >= 4 is 100 Å². The van der Waals surface area contributed by atoms with E-state index < -0.39 is 0 Å². The van der Waals surface area contributed by atoms with Crippen molar-refractivity contribution < 1.29 is 0 Å². The lowest BCUT2D eigenvalue weighted by molar-refractivity contribution is 0.590. The van der Waals surface area contributed by atoms with Gasteiger partial charge in [0.1, 0.15) is 0 Å². The second-order valence-corrected chi connectivity index (χ2v) is 29.4. The molecule has 0 aliphatic carbocycles. The van der Waals surface area contributed by atoms with Crippen molar-refractivity contribution in [1.29, 1.82) is 0 Å². The lowest BCUT2D eigenvalue weighted by Gasteiger charge is -2.46. The molecule has 18 aromatic rings. The molecule has 2 nitrogen and oxygen atoms in total. The van der Waals surface area contributed by atoms with Crippen LogP contribution in [0.4, 0.5) is 34.1 Å². The first-order chi connectivity index (χ1) is 51.7. The van der Waals surface area contributed by atoms with Crippen LogP contribution < -0.4 is 26.2 Å². The molecule has 492 valence electrons. The molecule has 0 amide bonds. The number of hydrogen-bond donors (Lipinski definition) is 0. The molecule has 0 N–H and O–H groups in total. The Kier molecular flexibility index (Phi) is 14.6. The summed E-state index contributed by atoms with van der Waals surface area (Å²) in [6.45, 7) is 6.68. The minimum atomic E-state index is -0.259. The molecule has 0 spiro atoms. The van der Waals surface area contributed by atoms with Crippen molar-refractivity contribution in [3.63, 3.8) is 0 Å². The quantitative estimate of drug-likeness (QED) is 0.0723. The highest BCUT2D eigenvalue weighted by molar-refractivity contribution is 7.00. The average molecular weight is 1340 g/mol. The Morgan fingerprint density at radius 1 is 0.219 bits per heavy atom. The summed E-state index contributed by atoms with van der Waals surface area (Å²) in [5, 5.41) is 10.2. The van der Waals surface area contributed by atoms with Gasteiger partial charge in [-0.2, -0.15) is 0 Å². The molecule has 2 heterocycles. The van der Waals surface area contributed by atoms with Gasteiger partial charge in [0.05, 0.1) is 11.4 Å². The van der Waals surface area contributed by atoms with Crippen molar-refractivity contribution in [2.75, 3.05) is 9.80 Å². The first-order valence-corrected chi connectivity index (χ1v) is 36.7. The van der Waals surface area contributed by atoms with E-state index in [1.807, 2.05) is 0 Å². The van der Waals surface area contributed by atoms with Crippen LogP contribution in [0.2, 0.25) is 0 Å². The maximum Gasteiger partial charge on any atom is 0.252 e. The smallest absolute Gasteiger partial charge is 0.252 e. The summed E-state index contributed by atoms with van der Waals surface area (Å²) >= 11 is 0. The van der Waals surface area contributed by atoms with E-state index in [0.29, 0.717) is 0 Å². The number of benzene rings is 18. The SMILES string of the molecule is CC(C)(C)c1ccc(-c2cc3c4c(c2)N(c2c(-c5ccccc5)cc(-c5ccccc5)cc2-c2ccccc2)c2cc(-c5cc6cccc7c8cccc9cccc(c(c5)c67)c98)ccc2B4c2cc(-c4ccccc4)ccc2N3c2c(-c3ccccc3)cc(-c3ccccc3)cc2-c2ccccc2)cc1. The van der Waals surface area contributed by atoms with E-state index in [-0.39, 0.29) is 12.1 Å². The summed E-state index contributed by atoms with van der Waals surface area (Å²) in [5.74, 6) is 0. The van der Waals surface area contributed by atoms with Gasteiger partial charge in [-0.25, -0.2) is 0 Å². The minimum absolute atomic E-state index is 0.0605. The highest BCUT2D eigenvalue weighted by Crippen LogP contribution is 2.56. The van der Waals surface area contributed by atoms with E-state index in [9.17, 15) is 0 Å². The summed E-state index contributed by atoms with van der Waals surface area (Å²) in [4.78, 5) is 5.41. The zero-order chi connectivity index (χ0) is 69.9. The predicted octanol–water partition coefficient (Wildman–Crippen LogP) is 26.1. The minimum Gasteiger partial charge on any atom is -0.310 e. The van der Waals surface area contributed by atoms with Crippen LogP contribution in [0.15, 0.2) is 376 Å². The zero-order valence-electron chi connectivity index (χ0n) is 58.8. The largest absolute Gasteiger partial charge is 0.310 e. The molecule has 18 aromatic carbocycles. The Balaban J connectivity index is 0.962. The molecule has 0 radical (unpaired) electrons. The molecule has 2 aliphatic rings. The van der Waals surface area contributed by atoms with Crippen LogP contribution >= 0.6 is 0 Å². The topological polar surface area (TPSA) is 6.48 Å². The van der Waals surface area contributed by atoms with Crippen LogP contribution in [0, 0.1) is 0 Å². The molecule has 105 heavy (non-hydrogen) atoms.